The highest BCUT2D eigenvalue weighted by Gasteiger charge is 2.15. The predicted molar refractivity (Wildman–Crippen MR) is 84.1 cm³/mol. The lowest BCUT2D eigenvalue weighted by molar-refractivity contribution is -0.116. The standard InChI is InChI=1S/C16H25N3O2/c1-13-12-19(8-2-10-21-13)9-7-16(20)18-15-5-3-14(11-17)4-6-15/h3-6,13H,2,7-12,17H2,1H3,(H,18,20). The first-order valence-corrected chi connectivity index (χ1v) is 7.60. The van der Waals surface area contributed by atoms with Crippen molar-refractivity contribution in [2.24, 2.45) is 5.73 Å². The summed E-state index contributed by atoms with van der Waals surface area (Å²) in [7, 11) is 0. The lowest BCUT2D eigenvalue weighted by atomic mass is 10.2. The van der Waals surface area contributed by atoms with Crippen molar-refractivity contribution in [3.63, 3.8) is 0 Å². The monoisotopic (exact) mass is 291 g/mol. The Labute approximate surface area is 126 Å². The van der Waals surface area contributed by atoms with E-state index in [1.807, 2.05) is 24.3 Å². The van der Waals surface area contributed by atoms with Gasteiger partial charge in [0.15, 0.2) is 0 Å². The number of carbonyl (C=O) groups excluding carboxylic acids is 1. The van der Waals surface area contributed by atoms with Crippen LogP contribution in [0.3, 0.4) is 0 Å². The molecule has 0 bridgehead atoms. The van der Waals surface area contributed by atoms with Crippen LogP contribution in [0.15, 0.2) is 24.3 Å². The number of nitrogens with one attached hydrogen (secondary N) is 1. The van der Waals surface area contributed by atoms with Gasteiger partial charge in [-0.1, -0.05) is 12.1 Å². The Kier molecular flexibility index (Phi) is 6.17. The molecule has 1 saturated heterocycles. The molecule has 0 spiro atoms. The highest BCUT2D eigenvalue weighted by atomic mass is 16.5. The molecule has 1 amide bonds. The molecule has 5 heteroatoms. The zero-order chi connectivity index (χ0) is 15.1. The molecule has 1 fully saturated rings. The maximum absolute atomic E-state index is 12.0. The first-order valence-electron chi connectivity index (χ1n) is 7.60. The van der Waals surface area contributed by atoms with E-state index < -0.39 is 0 Å². The van der Waals surface area contributed by atoms with Gasteiger partial charge in [-0.25, -0.2) is 0 Å². The van der Waals surface area contributed by atoms with E-state index in [0.717, 1.165) is 43.9 Å². The van der Waals surface area contributed by atoms with E-state index in [0.29, 0.717) is 13.0 Å². The molecular formula is C16H25N3O2. The first kappa shape index (κ1) is 15.9. The van der Waals surface area contributed by atoms with Gasteiger partial charge in [-0.3, -0.25) is 4.79 Å². The second-order valence-corrected chi connectivity index (χ2v) is 5.53. The van der Waals surface area contributed by atoms with Crippen molar-refractivity contribution in [1.82, 2.24) is 4.90 Å². The van der Waals surface area contributed by atoms with Gasteiger partial charge in [-0.15, -0.1) is 0 Å². The van der Waals surface area contributed by atoms with Crippen LogP contribution in [0.5, 0.6) is 0 Å². The Bertz CT molecular complexity index is 447. The van der Waals surface area contributed by atoms with Crippen molar-refractivity contribution >= 4 is 11.6 Å². The molecule has 2 rings (SSSR count). The zero-order valence-electron chi connectivity index (χ0n) is 12.7. The Morgan fingerprint density at radius 3 is 2.90 bits per heavy atom. The summed E-state index contributed by atoms with van der Waals surface area (Å²) in [5, 5.41) is 2.92. The number of nitrogens with two attached hydrogens (primary N) is 1. The molecule has 1 atom stereocenters. The summed E-state index contributed by atoms with van der Waals surface area (Å²) in [6.07, 6.45) is 1.79. The van der Waals surface area contributed by atoms with Crippen LogP contribution in [0.2, 0.25) is 0 Å². The van der Waals surface area contributed by atoms with E-state index in [4.69, 9.17) is 10.5 Å². The van der Waals surface area contributed by atoms with E-state index in [1.54, 1.807) is 0 Å². The van der Waals surface area contributed by atoms with E-state index in [-0.39, 0.29) is 12.0 Å². The van der Waals surface area contributed by atoms with Crippen LogP contribution in [0.1, 0.15) is 25.3 Å². The summed E-state index contributed by atoms with van der Waals surface area (Å²) in [5.74, 6) is 0.0494. The number of amides is 1. The lowest BCUT2D eigenvalue weighted by Gasteiger charge is -2.21. The quantitative estimate of drug-likeness (QED) is 0.864. The number of nitrogens with zero attached hydrogens (tertiary/aromatic N) is 1. The fourth-order valence-electron chi connectivity index (χ4n) is 2.49. The summed E-state index contributed by atoms with van der Waals surface area (Å²) < 4.78 is 5.60. The second-order valence-electron chi connectivity index (χ2n) is 5.53. The fourth-order valence-corrected chi connectivity index (χ4v) is 2.49. The lowest BCUT2D eigenvalue weighted by Crippen LogP contribution is -2.33. The molecule has 0 radical (unpaired) electrons. The molecule has 1 aromatic carbocycles. The van der Waals surface area contributed by atoms with Gasteiger partial charge < -0.3 is 20.7 Å². The number of hydrogen-bond donors (Lipinski definition) is 2. The first-order chi connectivity index (χ1) is 10.2. The maximum Gasteiger partial charge on any atom is 0.225 e. The highest BCUT2D eigenvalue weighted by molar-refractivity contribution is 5.90. The van der Waals surface area contributed by atoms with E-state index in [1.165, 1.54) is 0 Å². The Hall–Kier alpha value is -1.43. The Morgan fingerprint density at radius 2 is 2.19 bits per heavy atom. The third kappa shape index (κ3) is 5.46. The van der Waals surface area contributed by atoms with Crippen molar-refractivity contribution < 1.29 is 9.53 Å². The van der Waals surface area contributed by atoms with Crippen molar-refractivity contribution in [3.8, 4) is 0 Å². The molecular weight excluding hydrogens is 266 g/mol. The van der Waals surface area contributed by atoms with Crippen molar-refractivity contribution in [2.45, 2.75) is 32.4 Å². The number of benzene rings is 1. The number of rotatable bonds is 5. The summed E-state index contributed by atoms with van der Waals surface area (Å²) in [6, 6.07) is 7.65. The van der Waals surface area contributed by atoms with Crippen LogP contribution in [0.25, 0.3) is 0 Å². The van der Waals surface area contributed by atoms with Crippen LogP contribution in [0.4, 0.5) is 5.69 Å². The van der Waals surface area contributed by atoms with Crippen LogP contribution in [0, 0.1) is 0 Å². The van der Waals surface area contributed by atoms with E-state index in [2.05, 4.69) is 17.1 Å². The van der Waals surface area contributed by atoms with Gasteiger partial charge in [0.25, 0.3) is 0 Å². The molecule has 0 aromatic heterocycles. The molecule has 1 aliphatic rings. The number of carbonyl (C=O) groups is 1. The molecule has 0 aliphatic carbocycles. The molecule has 21 heavy (non-hydrogen) atoms. The van der Waals surface area contributed by atoms with E-state index in [9.17, 15) is 4.79 Å². The van der Waals surface area contributed by atoms with Crippen molar-refractivity contribution in [3.05, 3.63) is 29.8 Å². The van der Waals surface area contributed by atoms with Crippen LogP contribution >= 0.6 is 0 Å². The van der Waals surface area contributed by atoms with Gasteiger partial charge in [-0.05, 0) is 31.0 Å². The van der Waals surface area contributed by atoms with Crippen LogP contribution in [-0.4, -0.2) is 43.2 Å². The molecule has 1 aromatic rings. The number of anilines is 1. The Balaban J connectivity index is 1.75. The SMILES string of the molecule is CC1CN(CCC(=O)Nc2ccc(CN)cc2)CCCO1. The van der Waals surface area contributed by atoms with Gasteiger partial charge in [0, 0.05) is 44.9 Å². The Morgan fingerprint density at radius 1 is 1.43 bits per heavy atom. The average molecular weight is 291 g/mol. The van der Waals surface area contributed by atoms with Crippen molar-refractivity contribution in [2.75, 3.05) is 31.6 Å². The van der Waals surface area contributed by atoms with Gasteiger partial charge in [0.1, 0.15) is 0 Å². The third-order valence-electron chi connectivity index (χ3n) is 3.66. The molecule has 1 aliphatic heterocycles. The van der Waals surface area contributed by atoms with Gasteiger partial charge >= 0.3 is 0 Å². The highest BCUT2D eigenvalue weighted by Crippen LogP contribution is 2.10. The van der Waals surface area contributed by atoms with Gasteiger partial charge in [0.05, 0.1) is 6.10 Å². The third-order valence-corrected chi connectivity index (χ3v) is 3.66. The molecule has 1 heterocycles. The minimum absolute atomic E-state index is 0.0494. The van der Waals surface area contributed by atoms with E-state index >= 15 is 0 Å². The maximum atomic E-state index is 12.0. The van der Waals surface area contributed by atoms with Gasteiger partial charge in [-0.2, -0.15) is 0 Å². The fraction of sp³-hybridized carbons (Fsp3) is 0.562. The molecule has 1 unspecified atom stereocenters. The average Bonchev–Trinajstić information content (AvgIpc) is 2.70. The van der Waals surface area contributed by atoms with Crippen molar-refractivity contribution in [1.29, 1.82) is 0 Å². The number of hydrogen-bond acceptors (Lipinski definition) is 4. The smallest absolute Gasteiger partial charge is 0.225 e. The molecule has 116 valence electrons. The predicted octanol–water partition coefficient (Wildman–Crippen LogP) is 1.58. The van der Waals surface area contributed by atoms with Crippen LogP contribution < -0.4 is 11.1 Å². The largest absolute Gasteiger partial charge is 0.377 e. The minimum atomic E-state index is 0.0494. The summed E-state index contributed by atoms with van der Waals surface area (Å²) in [6.45, 7) is 6.10. The topological polar surface area (TPSA) is 67.6 Å². The second kappa shape index (κ2) is 8.12. The zero-order valence-corrected chi connectivity index (χ0v) is 12.7. The van der Waals surface area contributed by atoms with Crippen LogP contribution in [-0.2, 0) is 16.1 Å². The summed E-state index contributed by atoms with van der Waals surface area (Å²) in [4.78, 5) is 14.3. The summed E-state index contributed by atoms with van der Waals surface area (Å²) in [5.41, 5.74) is 7.44. The number of ether oxygens (including phenoxy) is 1. The molecule has 0 saturated carbocycles. The molecule has 5 nitrogen and oxygen atoms in total. The molecule has 3 N–H and O–H groups in total. The minimum Gasteiger partial charge on any atom is -0.377 e. The van der Waals surface area contributed by atoms with Gasteiger partial charge in [0.2, 0.25) is 5.91 Å². The summed E-state index contributed by atoms with van der Waals surface area (Å²) >= 11 is 0. The normalized spacial score (nSPS) is 20.0.